The molecule has 4 rings (SSSR count). The van der Waals surface area contributed by atoms with Gasteiger partial charge >= 0.3 is 17.7 Å². The fraction of sp³-hybridized carbons (Fsp3) is 0.320. The van der Waals surface area contributed by atoms with E-state index in [1.807, 2.05) is 36.6 Å². The first-order valence-electron chi connectivity index (χ1n) is 10.9. The molecule has 0 bridgehead atoms. The van der Waals surface area contributed by atoms with Gasteiger partial charge in [0, 0.05) is 17.0 Å². The van der Waals surface area contributed by atoms with E-state index in [-0.39, 0.29) is 23.0 Å². The van der Waals surface area contributed by atoms with Gasteiger partial charge in [-0.05, 0) is 54.9 Å². The maximum absolute atomic E-state index is 12.9. The predicted octanol–water partition coefficient (Wildman–Crippen LogP) is 4.89. The number of carbonyl (C=O) groups is 2. The Morgan fingerprint density at radius 1 is 1.18 bits per heavy atom. The smallest absolute Gasteiger partial charge is 0.408 e. The molecule has 0 saturated heterocycles. The van der Waals surface area contributed by atoms with Gasteiger partial charge in [0.25, 0.3) is 0 Å². The van der Waals surface area contributed by atoms with Gasteiger partial charge in [0.05, 0.1) is 5.02 Å². The molecule has 1 unspecified atom stereocenters. The highest BCUT2D eigenvalue weighted by molar-refractivity contribution is 7.98. The summed E-state index contributed by atoms with van der Waals surface area (Å²) in [7, 11) is 0. The lowest BCUT2D eigenvalue weighted by Gasteiger charge is -2.18. The molecule has 1 heterocycles. The molecule has 1 aromatic heterocycles. The van der Waals surface area contributed by atoms with Crippen LogP contribution in [0.2, 0.25) is 5.02 Å². The third-order valence-corrected chi connectivity index (χ3v) is 6.58. The molecule has 0 radical (unpaired) electrons. The van der Waals surface area contributed by atoms with E-state index in [1.165, 1.54) is 17.8 Å². The maximum Gasteiger partial charge on any atom is 0.408 e. The van der Waals surface area contributed by atoms with E-state index in [2.05, 4.69) is 5.32 Å². The van der Waals surface area contributed by atoms with Crippen molar-refractivity contribution >= 4 is 46.4 Å². The molecule has 34 heavy (non-hydrogen) atoms. The molecule has 1 aliphatic rings. The van der Waals surface area contributed by atoms with E-state index in [0.29, 0.717) is 29.7 Å². The largest absolute Gasteiger partial charge is 0.445 e. The molecule has 0 saturated carbocycles. The van der Waals surface area contributed by atoms with Crippen LogP contribution in [0.25, 0.3) is 11.0 Å². The number of thioether (sulfide) groups is 1. The van der Waals surface area contributed by atoms with Crippen LogP contribution in [-0.2, 0) is 29.0 Å². The summed E-state index contributed by atoms with van der Waals surface area (Å²) in [6.07, 6.45) is 3.86. The molecule has 1 amide bonds. The summed E-state index contributed by atoms with van der Waals surface area (Å²) in [4.78, 5) is 37.5. The van der Waals surface area contributed by atoms with Crippen molar-refractivity contribution in [2.45, 2.75) is 38.3 Å². The fourth-order valence-corrected chi connectivity index (χ4v) is 4.61. The first-order chi connectivity index (χ1) is 16.5. The summed E-state index contributed by atoms with van der Waals surface area (Å²) in [6, 6.07) is 11.4. The SMILES string of the molecule is CSCCC(NC(=O)OCc1ccccc1)C(=O)Oc1cc2oc(=O)c3c(c2cc1Cl)CCC3. The minimum Gasteiger partial charge on any atom is -0.445 e. The Labute approximate surface area is 205 Å². The number of hydrogen-bond acceptors (Lipinski definition) is 7. The maximum atomic E-state index is 12.9. The zero-order chi connectivity index (χ0) is 24.1. The molecule has 1 aliphatic carbocycles. The summed E-state index contributed by atoms with van der Waals surface area (Å²) >= 11 is 7.94. The molecule has 3 aromatic rings. The van der Waals surface area contributed by atoms with Crippen molar-refractivity contribution in [3.8, 4) is 5.75 Å². The fourth-order valence-electron chi connectivity index (χ4n) is 3.93. The second-order valence-electron chi connectivity index (χ2n) is 7.94. The second-order valence-corrected chi connectivity index (χ2v) is 9.33. The Hall–Kier alpha value is -2.97. The van der Waals surface area contributed by atoms with Crippen LogP contribution >= 0.6 is 23.4 Å². The molecule has 9 heteroatoms. The quantitative estimate of drug-likeness (QED) is 0.267. The van der Waals surface area contributed by atoms with E-state index in [9.17, 15) is 14.4 Å². The van der Waals surface area contributed by atoms with Crippen LogP contribution in [0.3, 0.4) is 0 Å². The highest BCUT2D eigenvalue weighted by atomic mass is 35.5. The number of amides is 1. The highest BCUT2D eigenvalue weighted by Crippen LogP contribution is 2.35. The van der Waals surface area contributed by atoms with Crippen LogP contribution in [0.5, 0.6) is 5.75 Å². The molecule has 178 valence electrons. The van der Waals surface area contributed by atoms with Gasteiger partial charge in [0.1, 0.15) is 18.2 Å². The number of benzene rings is 2. The van der Waals surface area contributed by atoms with E-state index in [1.54, 1.807) is 6.07 Å². The van der Waals surface area contributed by atoms with Crippen LogP contribution in [0.4, 0.5) is 4.79 Å². The number of aryl methyl sites for hydroxylation is 1. The number of esters is 1. The van der Waals surface area contributed by atoms with Crippen molar-refractivity contribution in [1.82, 2.24) is 5.32 Å². The minimum absolute atomic E-state index is 0.0638. The molecule has 2 aromatic carbocycles. The molecule has 1 N–H and O–H groups in total. The number of hydrogen-bond donors (Lipinski definition) is 1. The van der Waals surface area contributed by atoms with Crippen LogP contribution in [0.15, 0.2) is 51.7 Å². The van der Waals surface area contributed by atoms with Gasteiger partial charge in [-0.1, -0.05) is 41.9 Å². The number of ether oxygens (including phenoxy) is 2. The third kappa shape index (κ3) is 5.56. The molecule has 0 fully saturated rings. The van der Waals surface area contributed by atoms with Gasteiger partial charge in [-0.15, -0.1) is 0 Å². The number of nitrogens with one attached hydrogen (secondary N) is 1. The van der Waals surface area contributed by atoms with Gasteiger partial charge in [0.2, 0.25) is 0 Å². The molecule has 7 nitrogen and oxygen atoms in total. The zero-order valence-corrected chi connectivity index (χ0v) is 20.2. The second kappa shape index (κ2) is 11.0. The van der Waals surface area contributed by atoms with Crippen LogP contribution in [-0.4, -0.2) is 30.1 Å². The Balaban J connectivity index is 1.48. The van der Waals surface area contributed by atoms with Crippen molar-refractivity contribution in [1.29, 1.82) is 0 Å². The topological polar surface area (TPSA) is 94.8 Å². The average molecular weight is 502 g/mol. The first kappa shape index (κ1) is 24.2. The normalized spacial score (nSPS) is 13.4. The molecule has 1 atom stereocenters. The lowest BCUT2D eigenvalue weighted by molar-refractivity contribution is -0.136. The van der Waals surface area contributed by atoms with E-state index >= 15 is 0 Å². The van der Waals surface area contributed by atoms with Crippen LogP contribution in [0.1, 0.15) is 29.5 Å². The number of rotatable bonds is 8. The Bertz CT molecular complexity index is 1260. The monoisotopic (exact) mass is 501 g/mol. The van der Waals surface area contributed by atoms with Crippen molar-refractivity contribution in [2.75, 3.05) is 12.0 Å². The van der Waals surface area contributed by atoms with Gasteiger partial charge in [0.15, 0.2) is 5.75 Å². The van der Waals surface area contributed by atoms with E-state index in [4.69, 9.17) is 25.5 Å². The summed E-state index contributed by atoms with van der Waals surface area (Å²) in [6.45, 7) is 0.0802. The van der Waals surface area contributed by atoms with Gasteiger partial charge in [-0.3, -0.25) is 0 Å². The first-order valence-corrected chi connectivity index (χ1v) is 12.7. The van der Waals surface area contributed by atoms with Gasteiger partial charge in [-0.2, -0.15) is 11.8 Å². The minimum atomic E-state index is -0.936. The van der Waals surface area contributed by atoms with Crippen molar-refractivity contribution in [3.05, 3.63) is 74.6 Å². The van der Waals surface area contributed by atoms with E-state index < -0.39 is 18.1 Å². The standard InChI is InChI=1S/C25H24ClNO6S/c1-34-11-10-20(27-25(30)31-14-15-6-3-2-4-7-15)24(29)33-22-13-21-18(12-19(22)26)16-8-5-9-17(16)23(28)32-21/h2-4,6-7,12-13,20H,5,8-11,14H2,1H3,(H,27,30). The summed E-state index contributed by atoms with van der Waals surface area (Å²) < 4.78 is 16.2. The van der Waals surface area contributed by atoms with Crippen molar-refractivity contribution in [2.24, 2.45) is 0 Å². The highest BCUT2D eigenvalue weighted by Gasteiger charge is 2.26. The Morgan fingerprint density at radius 2 is 1.94 bits per heavy atom. The van der Waals surface area contributed by atoms with Gasteiger partial charge < -0.3 is 19.2 Å². The van der Waals surface area contributed by atoms with Crippen molar-refractivity contribution < 1.29 is 23.5 Å². The Morgan fingerprint density at radius 3 is 2.71 bits per heavy atom. The third-order valence-electron chi connectivity index (χ3n) is 5.64. The zero-order valence-electron chi connectivity index (χ0n) is 18.6. The summed E-state index contributed by atoms with van der Waals surface area (Å²) in [5, 5.41) is 3.55. The lowest BCUT2D eigenvalue weighted by Crippen LogP contribution is -2.43. The average Bonchev–Trinajstić information content (AvgIpc) is 3.33. The van der Waals surface area contributed by atoms with Crippen LogP contribution < -0.4 is 15.7 Å². The number of carbonyl (C=O) groups excluding carboxylic acids is 2. The lowest BCUT2D eigenvalue weighted by atomic mass is 10.1. The van der Waals surface area contributed by atoms with Crippen molar-refractivity contribution in [3.63, 3.8) is 0 Å². The number of halogens is 1. The van der Waals surface area contributed by atoms with Gasteiger partial charge in [-0.25, -0.2) is 14.4 Å². The molecular weight excluding hydrogens is 478 g/mol. The number of fused-ring (bicyclic) bond motifs is 3. The molecule has 0 aliphatic heterocycles. The number of alkyl carbamates (subject to hydrolysis) is 1. The summed E-state index contributed by atoms with van der Waals surface area (Å²) in [5.74, 6) is -0.00472. The molecule has 0 spiro atoms. The van der Waals surface area contributed by atoms with E-state index in [0.717, 1.165) is 29.4 Å². The van der Waals surface area contributed by atoms with Crippen LogP contribution in [0, 0.1) is 0 Å². The predicted molar refractivity (Wildman–Crippen MR) is 132 cm³/mol. The molecular formula is C25H24ClNO6S. The summed E-state index contributed by atoms with van der Waals surface area (Å²) in [5.41, 5.74) is 2.39. The Kier molecular flexibility index (Phi) is 7.80.